The molecule has 0 atom stereocenters. The Bertz CT molecular complexity index is 399. The fraction of sp³-hybridized carbons (Fsp3) is 0.143. The van der Waals surface area contributed by atoms with E-state index in [0.29, 0.717) is 0 Å². The molecule has 0 aliphatic carbocycles. The molecule has 1 rings (SSSR count). The van der Waals surface area contributed by atoms with E-state index in [2.05, 4.69) is 0 Å². The molecule has 0 unspecified atom stereocenters. The summed E-state index contributed by atoms with van der Waals surface area (Å²) in [7, 11) is -2.47. The van der Waals surface area contributed by atoms with Crippen molar-refractivity contribution >= 4 is 24.2 Å². The Labute approximate surface area is 87.2 Å². The van der Waals surface area contributed by atoms with Crippen molar-refractivity contribution in [1.82, 2.24) is 0 Å². The molecule has 0 saturated heterocycles. The molecule has 82 valence electrons. The molecule has 8 heteroatoms. The highest BCUT2D eigenvalue weighted by Crippen LogP contribution is 2.18. The summed E-state index contributed by atoms with van der Waals surface area (Å²) in [5.41, 5.74) is -1.91. The second kappa shape index (κ2) is 4.38. The van der Waals surface area contributed by atoms with Crippen LogP contribution in [-0.4, -0.2) is 17.2 Å². The van der Waals surface area contributed by atoms with Crippen molar-refractivity contribution in [3.63, 3.8) is 0 Å². The fourth-order valence-electron chi connectivity index (χ4n) is 1.09. The molecule has 1 aromatic rings. The van der Waals surface area contributed by atoms with Crippen LogP contribution in [0.4, 0.5) is 17.6 Å². The van der Waals surface area contributed by atoms with Crippen molar-refractivity contribution in [2.24, 2.45) is 0 Å². The molecule has 1 aromatic carbocycles. The average Bonchev–Trinajstić information content (AvgIpc) is 2.19. The third-order valence-corrected chi connectivity index (χ3v) is 2.06. The topological polar surface area (TPSA) is 40.5 Å². The fourth-order valence-corrected chi connectivity index (χ4v) is 1.36. The van der Waals surface area contributed by atoms with E-state index in [1.807, 2.05) is 0 Å². The molecule has 0 radical (unpaired) electrons. The average molecular weight is 242 g/mol. The summed E-state index contributed by atoms with van der Waals surface area (Å²) < 4.78 is 51.3. The van der Waals surface area contributed by atoms with Gasteiger partial charge in [0.25, 0.3) is 0 Å². The Balaban J connectivity index is 3.62. The molecular formula is C7H4BClF4O2. The summed E-state index contributed by atoms with van der Waals surface area (Å²) in [4.78, 5) is 0. The molecule has 0 heterocycles. The zero-order valence-corrected chi connectivity index (χ0v) is 7.82. The number of benzene rings is 1. The first-order chi connectivity index (χ1) is 6.91. The molecule has 15 heavy (non-hydrogen) atoms. The maximum absolute atomic E-state index is 13.0. The van der Waals surface area contributed by atoms with Gasteiger partial charge in [0, 0.05) is 11.0 Å². The molecule has 0 saturated carbocycles. The Morgan fingerprint density at radius 2 is 1.40 bits per heavy atom. The smallest absolute Gasteiger partial charge is 0.423 e. The van der Waals surface area contributed by atoms with Crippen LogP contribution in [0.3, 0.4) is 0 Å². The van der Waals surface area contributed by atoms with Gasteiger partial charge in [-0.3, -0.25) is 0 Å². The minimum atomic E-state index is -2.47. The lowest BCUT2D eigenvalue weighted by Gasteiger charge is -2.10. The maximum atomic E-state index is 13.0. The summed E-state index contributed by atoms with van der Waals surface area (Å²) in [5, 5.41) is 17.3. The highest BCUT2D eigenvalue weighted by molar-refractivity contribution is 6.59. The number of alkyl halides is 1. The number of hydrogen-bond donors (Lipinski definition) is 2. The lowest BCUT2D eigenvalue weighted by molar-refractivity contribution is 0.396. The van der Waals surface area contributed by atoms with Gasteiger partial charge in [0.05, 0.1) is 5.88 Å². The van der Waals surface area contributed by atoms with E-state index in [1.54, 1.807) is 0 Å². The van der Waals surface area contributed by atoms with Crippen LogP contribution in [0.2, 0.25) is 0 Å². The van der Waals surface area contributed by atoms with E-state index >= 15 is 0 Å². The highest BCUT2D eigenvalue weighted by Gasteiger charge is 2.30. The Hall–Kier alpha value is -0.785. The molecule has 0 aliphatic rings. The summed E-state index contributed by atoms with van der Waals surface area (Å²) in [5.74, 6) is -8.45. The van der Waals surface area contributed by atoms with Crippen molar-refractivity contribution in [2.75, 3.05) is 0 Å². The lowest BCUT2D eigenvalue weighted by atomic mass is 9.76. The Kier molecular flexibility index (Phi) is 3.59. The molecule has 0 fully saturated rings. The van der Waals surface area contributed by atoms with E-state index in [9.17, 15) is 17.6 Å². The Morgan fingerprint density at radius 3 is 1.80 bits per heavy atom. The summed E-state index contributed by atoms with van der Waals surface area (Å²) >= 11 is 5.16. The van der Waals surface area contributed by atoms with E-state index in [1.165, 1.54) is 0 Å². The van der Waals surface area contributed by atoms with Crippen LogP contribution in [-0.2, 0) is 5.88 Å². The second-order valence-corrected chi connectivity index (χ2v) is 2.92. The van der Waals surface area contributed by atoms with Gasteiger partial charge >= 0.3 is 7.12 Å². The van der Waals surface area contributed by atoms with Gasteiger partial charge in [-0.15, -0.1) is 11.6 Å². The van der Waals surface area contributed by atoms with Crippen molar-refractivity contribution in [1.29, 1.82) is 0 Å². The quantitative estimate of drug-likeness (QED) is 0.263. The van der Waals surface area contributed by atoms with Gasteiger partial charge in [-0.05, 0) is 0 Å². The highest BCUT2D eigenvalue weighted by atomic mass is 35.5. The van der Waals surface area contributed by atoms with Crippen LogP contribution < -0.4 is 5.46 Å². The van der Waals surface area contributed by atoms with Gasteiger partial charge < -0.3 is 10.0 Å². The van der Waals surface area contributed by atoms with Crippen LogP contribution in [0.15, 0.2) is 0 Å². The van der Waals surface area contributed by atoms with E-state index < -0.39 is 47.3 Å². The zero-order chi connectivity index (χ0) is 11.7. The first-order valence-electron chi connectivity index (χ1n) is 3.68. The largest absolute Gasteiger partial charge is 0.491 e. The van der Waals surface area contributed by atoms with Gasteiger partial charge in [-0.2, -0.15) is 0 Å². The molecule has 2 nitrogen and oxygen atoms in total. The predicted molar refractivity (Wildman–Crippen MR) is 45.7 cm³/mol. The van der Waals surface area contributed by atoms with E-state index in [0.717, 1.165) is 0 Å². The van der Waals surface area contributed by atoms with Gasteiger partial charge in [0.1, 0.15) is 0 Å². The molecule has 0 aliphatic heterocycles. The third kappa shape index (κ3) is 1.95. The van der Waals surface area contributed by atoms with Crippen molar-refractivity contribution in [2.45, 2.75) is 5.88 Å². The van der Waals surface area contributed by atoms with Crippen LogP contribution in [0, 0.1) is 23.3 Å². The van der Waals surface area contributed by atoms with Crippen LogP contribution in [0.1, 0.15) is 5.56 Å². The first kappa shape index (κ1) is 12.3. The predicted octanol–water partition coefficient (Wildman–Crippen LogP) is 0.662. The monoisotopic (exact) mass is 242 g/mol. The number of hydrogen-bond acceptors (Lipinski definition) is 2. The molecule has 0 spiro atoms. The van der Waals surface area contributed by atoms with Crippen molar-refractivity contribution < 1.29 is 27.6 Å². The lowest BCUT2D eigenvalue weighted by Crippen LogP contribution is -2.38. The minimum Gasteiger partial charge on any atom is -0.423 e. The number of rotatable bonds is 2. The van der Waals surface area contributed by atoms with E-state index in [4.69, 9.17) is 21.6 Å². The molecule has 2 N–H and O–H groups in total. The number of halogens is 5. The SMILES string of the molecule is OB(O)c1c(F)c(F)c(F)c(F)c1CCl. The van der Waals surface area contributed by atoms with Crippen LogP contribution in [0.25, 0.3) is 0 Å². The van der Waals surface area contributed by atoms with E-state index in [-0.39, 0.29) is 0 Å². The zero-order valence-electron chi connectivity index (χ0n) is 7.07. The maximum Gasteiger partial charge on any atom is 0.491 e. The molecule has 0 amide bonds. The van der Waals surface area contributed by atoms with Gasteiger partial charge in [0.15, 0.2) is 23.3 Å². The molecular weight excluding hydrogens is 238 g/mol. The normalized spacial score (nSPS) is 10.6. The van der Waals surface area contributed by atoms with Gasteiger partial charge in [-0.25, -0.2) is 17.6 Å². The van der Waals surface area contributed by atoms with Crippen LogP contribution >= 0.6 is 11.6 Å². The summed E-state index contributed by atoms with van der Waals surface area (Å²) in [6.45, 7) is 0. The molecule has 0 bridgehead atoms. The van der Waals surface area contributed by atoms with Crippen molar-refractivity contribution in [3.05, 3.63) is 28.8 Å². The van der Waals surface area contributed by atoms with Gasteiger partial charge in [-0.1, -0.05) is 0 Å². The van der Waals surface area contributed by atoms with Crippen molar-refractivity contribution in [3.8, 4) is 0 Å². The minimum absolute atomic E-state index is 0.715. The summed E-state index contributed by atoms with van der Waals surface area (Å²) in [6.07, 6.45) is 0. The summed E-state index contributed by atoms with van der Waals surface area (Å²) in [6, 6.07) is 0. The first-order valence-corrected chi connectivity index (χ1v) is 4.22. The third-order valence-electron chi connectivity index (χ3n) is 1.80. The Morgan fingerprint density at radius 1 is 0.933 bits per heavy atom. The standard InChI is InChI=1S/C7H4BClF4O2/c9-1-2-3(8(14)15)5(11)7(13)6(12)4(2)10/h14-15H,1H2. The van der Waals surface area contributed by atoms with Crippen LogP contribution in [0.5, 0.6) is 0 Å². The second-order valence-electron chi connectivity index (χ2n) is 2.66. The molecule has 0 aromatic heterocycles. The van der Waals surface area contributed by atoms with Gasteiger partial charge in [0.2, 0.25) is 0 Å².